The molecule has 1 aromatic rings. The average Bonchev–Trinajstić information content (AvgIpc) is 2.49. The molecule has 0 radical (unpaired) electrons. The van der Waals surface area contributed by atoms with E-state index in [1.165, 1.54) is 0 Å². The summed E-state index contributed by atoms with van der Waals surface area (Å²) in [7, 11) is -0.949. The van der Waals surface area contributed by atoms with Crippen molar-refractivity contribution in [2.24, 2.45) is 0 Å². The molecular formula is C7H13N5O2S. The summed E-state index contributed by atoms with van der Waals surface area (Å²) in [6, 6.07) is -0.186. The van der Waals surface area contributed by atoms with Crippen molar-refractivity contribution in [2.75, 3.05) is 17.7 Å². The lowest BCUT2D eigenvalue weighted by Gasteiger charge is -2.10. The Morgan fingerprint density at radius 2 is 2.40 bits per heavy atom. The lowest BCUT2D eigenvalue weighted by Crippen LogP contribution is -2.36. The third kappa shape index (κ3) is 3.66. The molecule has 8 heteroatoms. The summed E-state index contributed by atoms with van der Waals surface area (Å²) in [4.78, 5) is 15.1. The lowest BCUT2D eigenvalue weighted by atomic mass is 10.4. The highest BCUT2D eigenvalue weighted by atomic mass is 32.2. The molecule has 0 bridgehead atoms. The van der Waals surface area contributed by atoms with Crippen LogP contribution in [-0.4, -0.2) is 43.3 Å². The van der Waals surface area contributed by atoms with Crippen molar-refractivity contribution >= 4 is 22.7 Å². The lowest BCUT2D eigenvalue weighted by molar-refractivity contribution is 0.0933. The third-order valence-electron chi connectivity index (χ3n) is 1.58. The van der Waals surface area contributed by atoms with Gasteiger partial charge in [-0.3, -0.25) is 14.1 Å². The first-order valence-electron chi connectivity index (χ1n) is 4.28. The molecule has 4 N–H and O–H groups in total. The first-order chi connectivity index (χ1) is 6.99. The van der Waals surface area contributed by atoms with Crippen molar-refractivity contribution in [3.63, 3.8) is 0 Å². The van der Waals surface area contributed by atoms with Gasteiger partial charge in [0.05, 0.1) is 0 Å². The average molecular weight is 231 g/mol. The molecule has 1 rings (SSSR count). The van der Waals surface area contributed by atoms with Gasteiger partial charge in [0.2, 0.25) is 11.8 Å². The molecule has 1 heterocycles. The molecule has 1 amide bonds. The van der Waals surface area contributed by atoms with Gasteiger partial charge in [-0.25, -0.2) is 0 Å². The normalized spacial score (nSPS) is 14.5. The number of anilines is 1. The Hall–Kier alpha value is -1.44. The molecule has 0 fully saturated rings. The molecule has 2 atom stereocenters. The number of nitrogen functional groups attached to an aromatic ring is 1. The van der Waals surface area contributed by atoms with Crippen LogP contribution in [0.15, 0.2) is 0 Å². The number of nitrogens with one attached hydrogen (secondary N) is 2. The number of H-pyrrole nitrogens is 1. The van der Waals surface area contributed by atoms with Crippen molar-refractivity contribution in [1.82, 2.24) is 20.5 Å². The maximum Gasteiger partial charge on any atom is 0.288 e. The number of amides is 1. The van der Waals surface area contributed by atoms with Gasteiger partial charge in [0, 0.05) is 28.9 Å². The van der Waals surface area contributed by atoms with Crippen molar-refractivity contribution in [3.8, 4) is 0 Å². The second-order valence-electron chi connectivity index (χ2n) is 3.16. The van der Waals surface area contributed by atoms with Gasteiger partial charge in [0.15, 0.2) is 0 Å². The molecule has 84 valence electrons. The molecule has 0 aromatic carbocycles. The summed E-state index contributed by atoms with van der Waals surface area (Å²) in [5.41, 5.74) is 5.25. The quantitative estimate of drug-likeness (QED) is 0.607. The highest BCUT2D eigenvalue weighted by Crippen LogP contribution is 1.94. The molecule has 0 aliphatic heterocycles. The predicted molar refractivity (Wildman–Crippen MR) is 56.7 cm³/mol. The van der Waals surface area contributed by atoms with Crippen molar-refractivity contribution in [1.29, 1.82) is 0 Å². The molecule has 2 unspecified atom stereocenters. The molecule has 1 aromatic heterocycles. The van der Waals surface area contributed by atoms with Crippen molar-refractivity contribution < 1.29 is 9.00 Å². The number of carbonyl (C=O) groups is 1. The topological polar surface area (TPSA) is 114 Å². The molecule has 0 spiro atoms. The molecule has 0 aliphatic rings. The van der Waals surface area contributed by atoms with Crippen molar-refractivity contribution in [3.05, 3.63) is 5.82 Å². The van der Waals surface area contributed by atoms with E-state index in [0.717, 1.165) is 0 Å². The number of rotatable bonds is 4. The van der Waals surface area contributed by atoms with Crippen LogP contribution in [0.3, 0.4) is 0 Å². The van der Waals surface area contributed by atoms with Gasteiger partial charge in [-0.05, 0) is 6.92 Å². The number of nitrogens with zero attached hydrogens (tertiary/aromatic N) is 2. The van der Waals surface area contributed by atoms with E-state index >= 15 is 0 Å². The van der Waals surface area contributed by atoms with Crippen LogP contribution in [-0.2, 0) is 10.8 Å². The van der Waals surface area contributed by atoms with Gasteiger partial charge >= 0.3 is 0 Å². The first kappa shape index (κ1) is 11.6. The minimum Gasteiger partial charge on any atom is -0.366 e. The summed E-state index contributed by atoms with van der Waals surface area (Å²) in [6.07, 6.45) is 1.58. The fourth-order valence-corrected chi connectivity index (χ4v) is 1.85. The Labute approximate surface area is 89.3 Å². The second kappa shape index (κ2) is 4.87. The van der Waals surface area contributed by atoms with Crippen LogP contribution >= 0.6 is 0 Å². The van der Waals surface area contributed by atoms with Crippen LogP contribution in [0, 0.1) is 0 Å². The zero-order valence-corrected chi connectivity index (χ0v) is 9.30. The van der Waals surface area contributed by atoms with Crippen molar-refractivity contribution in [2.45, 2.75) is 13.0 Å². The summed E-state index contributed by atoms with van der Waals surface area (Å²) in [5, 5.41) is 8.54. The zero-order chi connectivity index (χ0) is 11.4. The van der Waals surface area contributed by atoms with Crippen LogP contribution in [0.1, 0.15) is 17.5 Å². The van der Waals surface area contributed by atoms with E-state index in [2.05, 4.69) is 20.5 Å². The van der Waals surface area contributed by atoms with Gasteiger partial charge in [-0.1, -0.05) is 0 Å². The summed E-state index contributed by atoms with van der Waals surface area (Å²) in [5.74, 6) is 0.0697. The first-order valence-corrected chi connectivity index (χ1v) is 6.00. The predicted octanol–water partition coefficient (Wildman–Crippen LogP) is -1.12. The number of nitrogens with two attached hydrogens (primary N) is 1. The monoisotopic (exact) mass is 231 g/mol. The summed E-state index contributed by atoms with van der Waals surface area (Å²) < 4.78 is 10.9. The molecule has 15 heavy (non-hydrogen) atoms. The minimum atomic E-state index is -0.949. The Morgan fingerprint density at radius 1 is 1.73 bits per heavy atom. The molecule has 0 aliphatic carbocycles. The van der Waals surface area contributed by atoms with Crippen LogP contribution in [0.5, 0.6) is 0 Å². The van der Waals surface area contributed by atoms with Gasteiger partial charge in [-0.2, -0.15) is 4.98 Å². The van der Waals surface area contributed by atoms with Crippen LogP contribution in [0.25, 0.3) is 0 Å². The van der Waals surface area contributed by atoms with E-state index in [4.69, 9.17) is 5.73 Å². The second-order valence-corrected chi connectivity index (χ2v) is 4.64. The molecular weight excluding hydrogens is 218 g/mol. The largest absolute Gasteiger partial charge is 0.366 e. The number of aromatic nitrogens is 3. The van der Waals surface area contributed by atoms with E-state index in [1.807, 2.05) is 0 Å². The highest BCUT2D eigenvalue weighted by molar-refractivity contribution is 7.84. The minimum absolute atomic E-state index is 0.0203. The van der Waals surface area contributed by atoms with Crippen LogP contribution < -0.4 is 11.1 Å². The molecule has 0 saturated carbocycles. The molecule has 0 saturated heterocycles. The third-order valence-corrected chi connectivity index (χ3v) is 2.55. The fourth-order valence-electron chi connectivity index (χ4n) is 1.06. The van der Waals surface area contributed by atoms with E-state index in [-0.39, 0.29) is 17.8 Å². The SMILES string of the molecule is CC(CS(C)=O)NC(=O)c1nc(N)n[nH]1. The Kier molecular flexibility index (Phi) is 3.78. The zero-order valence-electron chi connectivity index (χ0n) is 8.48. The van der Waals surface area contributed by atoms with E-state index < -0.39 is 16.7 Å². The fraction of sp³-hybridized carbons (Fsp3) is 0.571. The number of carbonyl (C=O) groups excluding carboxylic acids is 1. The smallest absolute Gasteiger partial charge is 0.288 e. The maximum atomic E-state index is 11.5. The van der Waals surface area contributed by atoms with Crippen LogP contribution in [0.4, 0.5) is 5.95 Å². The number of aromatic amines is 1. The van der Waals surface area contributed by atoms with Gasteiger partial charge in [-0.15, -0.1) is 5.10 Å². The Bertz CT molecular complexity index is 377. The van der Waals surface area contributed by atoms with E-state index in [0.29, 0.717) is 5.75 Å². The maximum absolute atomic E-state index is 11.5. The van der Waals surface area contributed by atoms with Gasteiger partial charge < -0.3 is 11.1 Å². The van der Waals surface area contributed by atoms with Gasteiger partial charge in [0.1, 0.15) is 0 Å². The standard InChI is InChI=1S/C7H13N5O2S/c1-4(3-15(2)14)9-6(13)5-10-7(8)12-11-5/h4H,3H2,1-2H3,(H,9,13)(H3,8,10,11,12). The molecule has 7 nitrogen and oxygen atoms in total. The Morgan fingerprint density at radius 3 is 2.87 bits per heavy atom. The van der Waals surface area contributed by atoms with E-state index in [1.54, 1.807) is 13.2 Å². The summed E-state index contributed by atoms with van der Waals surface area (Å²) in [6.45, 7) is 1.76. The highest BCUT2D eigenvalue weighted by Gasteiger charge is 2.14. The number of hydrogen-bond donors (Lipinski definition) is 3. The van der Waals surface area contributed by atoms with Gasteiger partial charge in [0.25, 0.3) is 5.91 Å². The Balaban J connectivity index is 2.52. The number of hydrogen-bond acceptors (Lipinski definition) is 5. The van der Waals surface area contributed by atoms with Crippen LogP contribution in [0.2, 0.25) is 0 Å². The summed E-state index contributed by atoms with van der Waals surface area (Å²) >= 11 is 0. The van der Waals surface area contributed by atoms with E-state index in [9.17, 15) is 9.00 Å².